The highest BCUT2D eigenvalue weighted by Gasteiger charge is 2.38. The Hall–Kier alpha value is -2.64. The Morgan fingerprint density at radius 3 is 2.56 bits per heavy atom. The second kappa shape index (κ2) is 4.93. The number of primary sulfonamides is 1. The maximum atomic E-state index is 11.7. The molecule has 0 radical (unpaired) electrons. The van der Waals surface area contributed by atoms with Crippen LogP contribution in [-0.4, -0.2) is 24.2 Å². The lowest BCUT2D eigenvalue weighted by atomic mass is 9.79. The van der Waals surface area contributed by atoms with Gasteiger partial charge in [0.1, 0.15) is 0 Å². The van der Waals surface area contributed by atoms with Crippen LogP contribution in [0.25, 0.3) is 10.9 Å². The zero-order valence-corrected chi connectivity index (χ0v) is 14.6. The zero-order chi connectivity index (χ0) is 18.0. The number of nitrogens with two attached hydrogens (primary N) is 1. The summed E-state index contributed by atoms with van der Waals surface area (Å²) in [6.07, 6.45) is 0. The van der Waals surface area contributed by atoms with Crippen molar-refractivity contribution in [2.24, 2.45) is 10.1 Å². The third-order valence-corrected chi connectivity index (χ3v) is 5.63. The minimum Gasteiger partial charge on any atom is -0.494 e. The second-order valence-corrected chi connectivity index (χ2v) is 8.26. The molecule has 128 valence electrons. The molecule has 1 aliphatic rings. The summed E-state index contributed by atoms with van der Waals surface area (Å²) in [4.78, 5) is 7.59. The fourth-order valence-electron chi connectivity index (χ4n) is 3.43. The molecule has 0 saturated heterocycles. The van der Waals surface area contributed by atoms with Gasteiger partial charge in [-0.15, -0.1) is 0 Å². The molecule has 4 N–H and O–H groups in total. The number of rotatable bonds is 2. The molecule has 6 nitrogen and oxygen atoms in total. The molecule has 0 saturated carbocycles. The van der Waals surface area contributed by atoms with Crippen LogP contribution in [0.5, 0.6) is 5.88 Å². The van der Waals surface area contributed by atoms with E-state index >= 15 is 0 Å². The number of fused-ring (bicyclic) bond motifs is 2. The van der Waals surface area contributed by atoms with Gasteiger partial charge in [-0.1, -0.05) is 32.0 Å². The minimum absolute atomic E-state index is 0.00540. The first-order valence-corrected chi connectivity index (χ1v) is 9.31. The average molecular weight is 355 g/mol. The largest absolute Gasteiger partial charge is 0.494 e. The minimum atomic E-state index is -3.84. The van der Waals surface area contributed by atoms with Gasteiger partial charge >= 0.3 is 0 Å². The number of nitrogens with one attached hydrogen (secondary N) is 1. The van der Waals surface area contributed by atoms with Crippen LogP contribution >= 0.6 is 0 Å². The molecule has 3 aromatic rings. The number of H-pyrrole nitrogens is 1. The molecule has 2 aromatic carbocycles. The Morgan fingerprint density at radius 1 is 1.16 bits per heavy atom. The summed E-state index contributed by atoms with van der Waals surface area (Å²) in [6, 6.07) is 12.3. The van der Waals surface area contributed by atoms with Crippen LogP contribution in [0.15, 0.2) is 52.4 Å². The first-order valence-electron chi connectivity index (χ1n) is 7.76. The number of aromatic amines is 1. The number of sulfonamides is 1. The average Bonchev–Trinajstić information content (AvgIpc) is 2.99. The van der Waals surface area contributed by atoms with Crippen LogP contribution < -0.4 is 5.14 Å². The van der Waals surface area contributed by atoms with Crippen molar-refractivity contribution in [3.8, 4) is 5.88 Å². The predicted octanol–water partition coefficient (Wildman–Crippen LogP) is 2.93. The number of nitrogens with zero attached hydrogens (tertiary/aromatic N) is 1. The van der Waals surface area contributed by atoms with E-state index in [4.69, 9.17) is 10.1 Å². The van der Waals surface area contributed by atoms with Crippen molar-refractivity contribution < 1.29 is 13.5 Å². The standard InChI is InChI=1S/C18H17N3O3S/c1-18(2)12-5-3-4-6-14(12)20-16(18)15-11-9-10(25(19,23)24)7-8-13(11)21-17(15)22/h3-9,21-22H,1-2H3,(H2,19,23,24). The molecule has 0 spiro atoms. The van der Waals surface area contributed by atoms with Gasteiger partial charge in [-0.3, -0.25) is 4.99 Å². The van der Waals surface area contributed by atoms with E-state index in [0.29, 0.717) is 22.2 Å². The van der Waals surface area contributed by atoms with Crippen LogP contribution in [0.1, 0.15) is 25.0 Å². The van der Waals surface area contributed by atoms with E-state index in [2.05, 4.69) is 4.98 Å². The zero-order valence-electron chi connectivity index (χ0n) is 13.7. The monoisotopic (exact) mass is 355 g/mol. The lowest BCUT2D eigenvalue weighted by molar-refractivity contribution is 0.456. The number of aliphatic imine (C=N–C) groups is 1. The summed E-state index contributed by atoms with van der Waals surface area (Å²) in [5, 5.41) is 16.3. The SMILES string of the molecule is CC1(C)C(c2c(O)[nH]c3ccc(S(N)(=O)=O)cc23)=Nc2ccccc21. The molecule has 2 heterocycles. The van der Waals surface area contributed by atoms with E-state index < -0.39 is 15.4 Å². The fourth-order valence-corrected chi connectivity index (χ4v) is 3.97. The van der Waals surface area contributed by atoms with Gasteiger partial charge < -0.3 is 10.1 Å². The summed E-state index contributed by atoms with van der Waals surface area (Å²) in [6.45, 7) is 4.05. The Balaban J connectivity index is 2.01. The van der Waals surface area contributed by atoms with Crippen molar-refractivity contribution in [2.45, 2.75) is 24.2 Å². The van der Waals surface area contributed by atoms with Gasteiger partial charge in [-0.05, 0) is 29.8 Å². The number of aromatic nitrogens is 1. The Kier molecular flexibility index (Phi) is 3.13. The molecule has 1 aliphatic heterocycles. The van der Waals surface area contributed by atoms with E-state index in [1.54, 1.807) is 6.07 Å². The molecule has 7 heteroatoms. The summed E-state index contributed by atoms with van der Waals surface area (Å²) >= 11 is 0. The first kappa shape index (κ1) is 15.9. The van der Waals surface area contributed by atoms with E-state index in [1.807, 2.05) is 38.1 Å². The number of aromatic hydroxyl groups is 1. The topological polar surface area (TPSA) is 109 Å². The molecule has 0 unspecified atom stereocenters. The van der Waals surface area contributed by atoms with Crippen LogP contribution in [0.3, 0.4) is 0 Å². The van der Waals surface area contributed by atoms with E-state index in [-0.39, 0.29) is 10.8 Å². The summed E-state index contributed by atoms with van der Waals surface area (Å²) in [5.74, 6) is -0.0406. The van der Waals surface area contributed by atoms with Crippen molar-refractivity contribution in [3.05, 3.63) is 53.6 Å². The summed E-state index contributed by atoms with van der Waals surface area (Å²) in [5.41, 5.74) is 3.28. The molecule has 25 heavy (non-hydrogen) atoms. The third-order valence-electron chi connectivity index (χ3n) is 4.72. The van der Waals surface area contributed by atoms with Crippen molar-refractivity contribution in [2.75, 3.05) is 0 Å². The molecule has 0 bridgehead atoms. The molecule has 0 aliphatic carbocycles. The maximum absolute atomic E-state index is 11.7. The Labute approximate surface area is 145 Å². The van der Waals surface area contributed by atoms with Gasteiger partial charge in [0.15, 0.2) is 5.88 Å². The van der Waals surface area contributed by atoms with E-state index in [9.17, 15) is 13.5 Å². The second-order valence-electron chi connectivity index (χ2n) is 6.70. The van der Waals surface area contributed by atoms with Gasteiger partial charge in [0.2, 0.25) is 10.0 Å². The highest BCUT2D eigenvalue weighted by atomic mass is 32.2. The highest BCUT2D eigenvalue weighted by molar-refractivity contribution is 7.89. The van der Waals surface area contributed by atoms with Crippen molar-refractivity contribution in [1.29, 1.82) is 0 Å². The van der Waals surface area contributed by atoms with Gasteiger partial charge in [-0.2, -0.15) is 0 Å². The highest BCUT2D eigenvalue weighted by Crippen LogP contribution is 2.45. The maximum Gasteiger partial charge on any atom is 0.238 e. The molecule has 4 rings (SSSR count). The normalized spacial score (nSPS) is 16.0. The number of para-hydroxylation sites is 1. The van der Waals surface area contributed by atoms with E-state index in [0.717, 1.165) is 11.3 Å². The van der Waals surface area contributed by atoms with E-state index in [1.165, 1.54) is 12.1 Å². The number of hydrogen-bond acceptors (Lipinski definition) is 4. The quantitative estimate of drug-likeness (QED) is 0.657. The third kappa shape index (κ3) is 2.27. The lowest BCUT2D eigenvalue weighted by Gasteiger charge is -2.22. The first-order chi connectivity index (χ1) is 11.7. The van der Waals surface area contributed by atoms with Crippen molar-refractivity contribution >= 4 is 32.3 Å². The van der Waals surface area contributed by atoms with Crippen molar-refractivity contribution in [3.63, 3.8) is 0 Å². The van der Waals surface area contributed by atoms with Crippen LogP contribution in [0.4, 0.5) is 5.69 Å². The number of hydrogen-bond donors (Lipinski definition) is 3. The predicted molar refractivity (Wildman–Crippen MR) is 97.0 cm³/mol. The molecular formula is C18H17N3O3S. The summed E-state index contributed by atoms with van der Waals surface area (Å²) in [7, 11) is -3.84. The molecular weight excluding hydrogens is 338 g/mol. The lowest BCUT2D eigenvalue weighted by Crippen LogP contribution is -2.26. The van der Waals surface area contributed by atoms with Gasteiger partial charge in [0.05, 0.1) is 21.9 Å². The van der Waals surface area contributed by atoms with Crippen molar-refractivity contribution in [1.82, 2.24) is 4.98 Å². The molecule has 0 amide bonds. The van der Waals surface area contributed by atoms with Gasteiger partial charge in [0.25, 0.3) is 0 Å². The molecule has 1 aromatic heterocycles. The fraction of sp³-hybridized carbons (Fsp3) is 0.167. The van der Waals surface area contributed by atoms with Gasteiger partial charge in [0, 0.05) is 16.3 Å². The smallest absolute Gasteiger partial charge is 0.238 e. The van der Waals surface area contributed by atoms with Gasteiger partial charge in [-0.25, -0.2) is 13.6 Å². The van der Waals surface area contributed by atoms with Crippen LogP contribution in [0, 0.1) is 0 Å². The van der Waals surface area contributed by atoms with Crippen LogP contribution in [-0.2, 0) is 15.4 Å². The Morgan fingerprint density at radius 2 is 1.88 bits per heavy atom. The summed E-state index contributed by atoms with van der Waals surface area (Å²) < 4.78 is 23.4. The Bertz CT molecular complexity index is 1160. The molecule has 0 fully saturated rings. The number of benzene rings is 2. The molecule has 0 atom stereocenters. The van der Waals surface area contributed by atoms with Crippen LogP contribution in [0.2, 0.25) is 0 Å².